The lowest BCUT2D eigenvalue weighted by Crippen LogP contribution is -2.48. The number of fused-ring (bicyclic) bond motifs is 1. The van der Waals surface area contributed by atoms with Crippen molar-refractivity contribution in [3.63, 3.8) is 0 Å². The first-order valence-electron chi connectivity index (χ1n) is 12.1. The first-order valence-corrected chi connectivity index (χ1v) is 14.4. The number of amides is 1. The summed E-state index contributed by atoms with van der Waals surface area (Å²) in [5.41, 5.74) is 1.78. The highest BCUT2D eigenvalue weighted by Crippen LogP contribution is 2.29. The molecule has 2 heterocycles. The Morgan fingerprint density at radius 1 is 1.10 bits per heavy atom. The Labute approximate surface area is 240 Å². The highest BCUT2D eigenvalue weighted by molar-refractivity contribution is 7.89. The van der Waals surface area contributed by atoms with Crippen LogP contribution in [0.15, 0.2) is 65.7 Å². The van der Waals surface area contributed by atoms with E-state index in [1.54, 1.807) is 24.4 Å². The molecule has 0 aliphatic rings. The van der Waals surface area contributed by atoms with Crippen LogP contribution in [0.25, 0.3) is 10.9 Å². The Hall–Kier alpha value is -3.71. The summed E-state index contributed by atoms with van der Waals surface area (Å²) >= 11 is 12.0. The van der Waals surface area contributed by atoms with Crippen molar-refractivity contribution in [2.45, 2.75) is 23.8 Å². The summed E-state index contributed by atoms with van der Waals surface area (Å²) < 4.78 is 27.8. The minimum absolute atomic E-state index is 0.162. The van der Waals surface area contributed by atoms with E-state index < -0.39 is 39.4 Å². The lowest BCUT2D eigenvalue weighted by atomic mass is 10.1. The number of benzene rings is 2. The van der Waals surface area contributed by atoms with Crippen LogP contribution in [0.2, 0.25) is 10.0 Å². The molecule has 4 N–H and O–H groups in total. The third kappa shape index (κ3) is 6.89. The van der Waals surface area contributed by atoms with Crippen molar-refractivity contribution in [1.82, 2.24) is 24.8 Å². The van der Waals surface area contributed by atoms with Gasteiger partial charge in [-0.3, -0.25) is 14.7 Å². The number of aryl methyl sites for hydroxylation is 1. The molecule has 0 saturated heterocycles. The number of hydrogen-bond acceptors (Lipinski definition) is 7. The van der Waals surface area contributed by atoms with Crippen molar-refractivity contribution in [3.8, 4) is 0 Å². The molecule has 1 amide bonds. The lowest BCUT2D eigenvalue weighted by Gasteiger charge is -2.23. The van der Waals surface area contributed by atoms with Crippen LogP contribution in [-0.2, 0) is 21.2 Å². The van der Waals surface area contributed by atoms with Gasteiger partial charge in [0.25, 0.3) is 5.91 Å². The third-order valence-electron chi connectivity index (χ3n) is 6.04. The largest absolute Gasteiger partial charge is 0.480 e. The Kier molecular flexibility index (Phi) is 9.25. The van der Waals surface area contributed by atoms with Crippen LogP contribution in [0.1, 0.15) is 22.5 Å². The van der Waals surface area contributed by atoms with E-state index in [0.717, 1.165) is 28.2 Å². The van der Waals surface area contributed by atoms with E-state index in [4.69, 9.17) is 23.2 Å². The van der Waals surface area contributed by atoms with Gasteiger partial charge in [-0.15, -0.1) is 0 Å². The number of carboxylic acid groups (broad SMARTS) is 1. The molecule has 0 saturated carbocycles. The number of H-pyrrole nitrogens is 1. The fraction of sp³-hybridized carbons (Fsp3) is 0.231. The molecule has 4 rings (SSSR count). The van der Waals surface area contributed by atoms with Gasteiger partial charge in [0.2, 0.25) is 10.0 Å². The molecule has 0 fully saturated rings. The van der Waals surface area contributed by atoms with Gasteiger partial charge < -0.3 is 15.3 Å². The van der Waals surface area contributed by atoms with Crippen LogP contribution in [0.3, 0.4) is 0 Å². The average Bonchev–Trinajstić information content (AvgIpc) is 3.32. The van der Waals surface area contributed by atoms with Crippen LogP contribution < -0.4 is 10.0 Å². The summed E-state index contributed by atoms with van der Waals surface area (Å²) in [5.74, 6) is -1.18. The van der Waals surface area contributed by atoms with Gasteiger partial charge in [0.15, 0.2) is 0 Å². The summed E-state index contributed by atoms with van der Waals surface area (Å²) in [7, 11) is -3.03. The predicted octanol–water partition coefficient (Wildman–Crippen LogP) is 3.81. The molecular weight excluding hydrogens is 579 g/mol. The summed E-state index contributed by atoms with van der Waals surface area (Å²) in [6.45, 7) is 0.259. The molecule has 1 atom stereocenters. The second kappa shape index (κ2) is 12.6. The van der Waals surface area contributed by atoms with Gasteiger partial charge >= 0.3 is 5.97 Å². The molecular formula is C26H26Cl2N6O5S. The smallest absolute Gasteiger partial charge is 0.323 e. The number of anilines is 1. The number of nitrogens with one attached hydrogen (secondary N) is 3. The molecule has 0 bridgehead atoms. The molecule has 40 heavy (non-hydrogen) atoms. The molecule has 0 spiro atoms. The van der Waals surface area contributed by atoms with Gasteiger partial charge in [-0.05, 0) is 49.2 Å². The Morgan fingerprint density at radius 3 is 2.52 bits per heavy atom. The average molecular weight is 606 g/mol. The van der Waals surface area contributed by atoms with Gasteiger partial charge in [-0.25, -0.2) is 13.4 Å². The summed E-state index contributed by atoms with van der Waals surface area (Å²) in [5, 5.41) is 20.8. The Bertz CT molecular complexity index is 1610. The number of carboxylic acids is 1. The summed E-state index contributed by atoms with van der Waals surface area (Å²) in [6.07, 6.45) is 3.23. The maximum atomic E-state index is 13.1. The second-order valence-corrected chi connectivity index (χ2v) is 11.4. The number of nitrogens with zero attached hydrogens (tertiary/aromatic N) is 3. The molecule has 0 aliphatic heterocycles. The van der Waals surface area contributed by atoms with E-state index in [-0.39, 0.29) is 15.6 Å². The molecule has 0 radical (unpaired) electrons. The normalized spacial score (nSPS) is 12.3. The standard InChI is InChI=1S/C26H26Cl2N6O5S/c1-34(15-22(26(36)37)33-40(38,39)24-18(27)6-4-7-19(24)28)25(35)16-10-11-17-20(31-32-21(17)14-16)8-5-13-30-23-9-2-3-12-29-23/h2-4,6-7,9-12,14,22,33H,5,8,13,15H2,1H3,(H,29,30)(H,31,32)(H,36,37). The van der Waals surface area contributed by atoms with Crippen LogP contribution >= 0.6 is 23.2 Å². The van der Waals surface area contributed by atoms with Crippen molar-refractivity contribution in [2.24, 2.45) is 0 Å². The van der Waals surface area contributed by atoms with Crippen molar-refractivity contribution >= 4 is 61.8 Å². The van der Waals surface area contributed by atoms with Crippen LogP contribution in [0.5, 0.6) is 0 Å². The molecule has 14 heteroatoms. The first kappa shape index (κ1) is 29.3. The SMILES string of the molecule is CN(CC(NS(=O)(=O)c1c(Cl)cccc1Cl)C(=O)O)C(=O)c1ccc2c(CCCNc3ccccn3)n[nH]c2c1. The molecule has 2 aromatic carbocycles. The Balaban J connectivity index is 1.41. The number of likely N-dealkylation sites (N-methyl/N-ethyl adjacent to an activating group) is 1. The number of pyridine rings is 1. The maximum Gasteiger partial charge on any atom is 0.323 e. The van der Waals surface area contributed by atoms with Gasteiger partial charge in [-0.1, -0.05) is 41.4 Å². The van der Waals surface area contributed by atoms with E-state index in [1.807, 2.05) is 18.2 Å². The number of halogens is 2. The molecule has 210 valence electrons. The third-order valence-corrected chi connectivity index (χ3v) is 8.46. The van der Waals surface area contributed by atoms with E-state index >= 15 is 0 Å². The Morgan fingerprint density at radius 2 is 1.85 bits per heavy atom. The van der Waals surface area contributed by atoms with Crippen LogP contribution in [0.4, 0.5) is 5.82 Å². The highest BCUT2D eigenvalue weighted by Gasteiger charge is 2.31. The van der Waals surface area contributed by atoms with Crippen molar-refractivity contribution in [2.75, 3.05) is 25.5 Å². The summed E-state index contributed by atoms with van der Waals surface area (Å²) in [4.78, 5) is 29.9. The van der Waals surface area contributed by atoms with Crippen molar-refractivity contribution in [1.29, 1.82) is 0 Å². The number of aliphatic carboxylic acids is 1. The van der Waals surface area contributed by atoms with Gasteiger partial charge in [0.05, 0.1) is 21.3 Å². The topological polar surface area (TPSA) is 157 Å². The number of rotatable bonds is 12. The number of carbonyl (C=O) groups excluding carboxylic acids is 1. The van der Waals surface area contributed by atoms with Crippen LogP contribution in [-0.4, -0.2) is 71.7 Å². The van der Waals surface area contributed by atoms with Crippen molar-refractivity contribution < 1.29 is 23.1 Å². The maximum absolute atomic E-state index is 13.1. The highest BCUT2D eigenvalue weighted by atomic mass is 35.5. The predicted molar refractivity (Wildman–Crippen MR) is 152 cm³/mol. The minimum Gasteiger partial charge on any atom is -0.480 e. The quantitative estimate of drug-likeness (QED) is 0.178. The van der Waals surface area contributed by atoms with Gasteiger partial charge in [-0.2, -0.15) is 9.82 Å². The van der Waals surface area contributed by atoms with E-state index in [1.165, 1.54) is 25.2 Å². The monoisotopic (exact) mass is 604 g/mol. The van der Waals surface area contributed by atoms with Gasteiger partial charge in [0, 0.05) is 37.3 Å². The number of carbonyl (C=O) groups is 2. The lowest BCUT2D eigenvalue weighted by molar-refractivity contribution is -0.139. The van der Waals surface area contributed by atoms with Crippen molar-refractivity contribution in [3.05, 3.63) is 82.1 Å². The molecule has 0 aliphatic carbocycles. The number of hydrogen-bond donors (Lipinski definition) is 4. The first-order chi connectivity index (χ1) is 19.1. The second-order valence-electron chi connectivity index (χ2n) is 8.92. The number of aromatic amines is 1. The number of sulfonamides is 1. The number of aromatic nitrogens is 3. The van der Waals surface area contributed by atoms with E-state index in [9.17, 15) is 23.1 Å². The molecule has 11 nitrogen and oxygen atoms in total. The van der Waals surface area contributed by atoms with E-state index in [0.29, 0.717) is 18.5 Å². The zero-order chi connectivity index (χ0) is 28.9. The molecule has 2 aromatic heterocycles. The fourth-order valence-electron chi connectivity index (χ4n) is 4.07. The minimum atomic E-state index is -4.41. The van der Waals surface area contributed by atoms with Gasteiger partial charge in [0.1, 0.15) is 16.8 Å². The molecule has 4 aromatic rings. The zero-order valence-electron chi connectivity index (χ0n) is 21.3. The molecule has 1 unspecified atom stereocenters. The fourth-order valence-corrected chi connectivity index (χ4v) is 6.39. The van der Waals surface area contributed by atoms with Crippen LogP contribution in [0, 0.1) is 0 Å². The van der Waals surface area contributed by atoms with E-state index in [2.05, 4.69) is 25.2 Å². The summed E-state index contributed by atoms with van der Waals surface area (Å²) in [6, 6.07) is 13.1. The zero-order valence-corrected chi connectivity index (χ0v) is 23.6.